The first kappa shape index (κ1) is 10.9. The maximum atomic E-state index is 10.2. The van der Waals surface area contributed by atoms with E-state index in [1.807, 2.05) is 0 Å². The lowest BCUT2D eigenvalue weighted by atomic mass is 10.2. The highest BCUT2D eigenvalue weighted by atomic mass is 35.5. The van der Waals surface area contributed by atoms with Crippen molar-refractivity contribution in [3.05, 3.63) is 28.8 Å². The number of halogens is 1. The van der Waals surface area contributed by atoms with E-state index in [2.05, 4.69) is 5.73 Å². The molecule has 0 aliphatic rings. The molecule has 66 valence electrons. The van der Waals surface area contributed by atoms with Crippen LogP contribution in [0.4, 0.5) is 5.69 Å². The van der Waals surface area contributed by atoms with E-state index < -0.39 is 0 Å². The van der Waals surface area contributed by atoms with Crippen LogP contribution >= 0.6 is 11.6 Å². The van der Waals surface area contributed by atoms with Crippen molar-refractivity contribution in [3.8, 4) is 0 Å². The highest BCUT2D eigenvalue weighted by molar-refractivity contribution is 6.33. The van der Waals surface area contributed by atoms with Gasteiger partial charge in [-0.15, -0.1) is 0 Å². The summed E-state index contributed by atoms with van der Waals surface area (Å²) in [5.74, 6) is 0. The van der Waals surface area contributed by atoms with Crippen LogP contribution in [-0.2, 0) is 0 Å². The first-order valence-electron chi connectivity index (χ1n) is 3.32. The van der Waals surface area contributed by atoms with Crippen molar-refractivity contribution < 1.29 is 4.79 Å². The molecule has 4 N–H and O–H groups in total. The molecule has 1 aromatic rings. The Labute approximate surface area is 76.3 Å². The number of benzene rings is 1. The topological polar surface area (TPSA) is 69.1 Å². The fourth-order valence-electron chi connectivity index (χ4n) is 0.639. The lowest BCUT2D eigenvalue weighted by Crippen LogP contribution is -1.86. The van der Waals surface area contributed by atoms with Crippen molar-refractivity contribution in [2.45, 2.75) is 0 Å². The zero-order valence-corrected chi connectivity index (χ0v) is 7.51. The van der Waals surface area contributed by atoms with Crippen LogP contribution < -0.4 is 11.5 Å². The molecule has 12 heavy (non-hydrogen) atoms. The van der Waals surface area contributed by atoms with Crippen LogP contribution in [-0.4, -0.2) is 13.3 Å². The third-order valence-electron chi connectivity index (χ3n) is 1.15. The Bertz CT molecular complexity index is 263. The number of aldehydes is 1. The van der Waals surface area contributed by atoms with Crippen LogP contribution in [0.5, 0.6) is 0 Å². The third-order valence-corrected chi connectivity index (χ3v) is 1.48. The highest BCUT2D eigenvalue weighted by Gasteiger charge is 1.96. The Morgan fingerprint density at radius 1 is 1.42 bits per heavy atom. The van der Waals surface area contributed by atoms with E-state index in [1.165, 1.54) is 7.05 Å². The van der Waals surface area contributed by atoms with E-state index in [0.717, 1.165) is 0 Å². The van der Waals surface area contributed by atoms with Gasteiger partial charge in [0, 0.05) is 11.3 Å². The molecule has 0 radical (unpaired) electrons. The SMILES string of the molecule is CN.Nc1ccc(C=O)c(Cl)c1. The van der Waals surface area contributed by atoms with Crippen LogP contribution in [0.3, 0.4) is 0 Å². The number of carbonyl (C=O) groups is 1. The summed E-state index contributed by atoms with van der Waals surface area (Å²) in [6.07, 6.45) is 0.696. The van der Waals surface area contributed by atoms with Gasteiger partial charge in [-0.3, -0.25) is 4.79 Å². The van der Waals surface area contributed by atoms with Gasteiger partial charge in [0.25, 0.3) is 0 Å². The fourth-order valence-corrected chi connectivity index (χ4v) is 0.872. The van der Waals surface area contributed by atoms with Crippen molar-refractivity contribution in [1.29, 1.82) is 0 Å². The predicted molar refractivity (Wildman–Crippen MR) is 51.4 cm³/mol. The Kier molecular flexibility index (Phi) is 5.08. The smallest absolute Gasteiger partial charge is 0.151 e. The van der Waals surface area contributed by atoms with Gasteiger partial charge >= 0.3 is 0 Å². The maximum Gasteiger partial charge on any atom is 0.151 e. The van der Waals surface area contributed by atoms with E-state index in [1.54, 1.807) is 18.2 Å². The number of nitrogen functional groups attached to an aromatic ring is 1. The molecule has 0 atom stereocenters. The van der Waals surface area contributed by atoms with Gasteiger partial charge in [-0.2, -0.15) is 0 Å². The van der Waals surface area contributed by atoms with Gasteiger partial charge in [-0.1, -0.05) is 11.6 Å². The molecule has 0 unspecified atom stereocenters. The molecule has 0 saturated carbocycles. The normalized spacial score (nSPS) is 8.25. The minimum atomic E-state index is 0.398. The lowest BCUT2D eigenvalue weighted by molar-refractivity contribution is 0.112. The summed E-state index contributed by atoms with van der Waals surface area (Å²) in [5, 5.41) is 0.398. The monoisotopic (exact) mass is 186 g/mol. The van der Waals surface area contributed by atoms with E-state index in [4.69, 9.17) is 17.3 Å². The standard InChI is InChI=1S/C7H6ClNO.CH5N/c8-7-3-6(9)2-1-5(7)4-10;1-2/h1-4H,9H2;2H2,1H3. The Hall–Kier alpha value is -1.06. The van der Waals surface area contributed by atoms with Crippen LogP contribution in [0.2, 0.25) is 5.02 Å². The molecule has 4 heteroatoms. The summed E-state index contributed by atoms with van der Waals surface area (Å²) in [6.45, 7) is 0. The highest BCUT2D eigenvalue weighted by Crippen LogP contribution is 2.16. The van der Waals surface area contributed by atoms with Crippen LogP contribution in [0.25, 0.3) is 0 Å². The molecule has 1 rings (SSSR count). The van der Waals surface area contributed by atoms with E-state index >= 15 is 0 Å². The van der Waals surface area contributed by atoms with Crippen molar-refractivity contribution in [2.24, 2.45) is 5.73 Å². The second kappa shape index (κ2) is 5.57. The number of anilines is 1. The van der Waals surface area contributed by atoms with E-state index in [0.29, 0.717) is 22.6 Å². The molecule has 0 heterocycles. The van der Waals surface area contributed by atoms with E-state index in [-0.39, 0.29) is 0 Å². The summed E-state index contributed by atoms with van der Waals surface area (Å²) in [5.41, 5.74) is 10.9. The third kappa shape index (κ3) is 2.90. The maximum absolute atomic E-state index is 10.2. The van der Waals surface area contributed by atoms with Crippen LogP contribution in [0.15, 0.2) is 18.2 Å². The molecule has 0 saturated heterocycles. The number of carbonyl (C=O) groups excluding carboxylic acids is 1. The molecule has 0 fully saturated rings. The van der Waals surface area contributed by atoms with Gasteiger partial charge in [-0.05, 0) is 25.2 Å². The molecule has 0 amide bonds. The fraction of sp³-hybridized carbons (Fsp3) is 0.125. The molecule has 0 spiro atoms. The number of nitrogens with two attached hydrogens (primary N) is 2. The Morgan fingerprint density at radius 3 is 2.42 bits per heavy atom. The second-order valence-corrected chi connectivity index (χ2v) is 2.31. The summed E-state index contributed by atoms with van der Waals surface area (Å²) >= 11 is 5.62. The largest absolute Gasteiger partial charge is 0.399 e. The molecule has 0 aliphatic carbocycles. The minimum Gasteiger partial charge on any atom is -0.399 e. The van der Waals surface area contributed by atoms with Gasteiger partial charge in [-0.25, -0.2) is 0 Å². The van der Waals surface area contributed by atoms with Crippen LogP contribution in [0.1, 0.15) is 10.4 Å². The van der Waals surface area contributed by atoms with Crippen LogP contribution in [0, 0.1) is 0 Å². The van der Waals surface area contributed by atoms with Gasteiger partial charge in [0.2, 0.25) is 0 Å². The average molecular weight is 187 g/mol. The number of rotatable bonds is 1. The van der Waals surface area contributed by atoms with Crippen molar-refractivity contribution in [3.63, 3.8) is 0 Å². The van der Waals surface area contributed by atoms with E-state index in [9.17, 15) is 4.79 Å². The van der Waals surface area contributed by atoms with Gasteiger partial charge in [0.15, 0.2) is 6.29 Å². The summed E-state index contributed by atoms with van der Waals surface area (Å²) in [7, 11) is 1.50. The molecular formula is C8H11ClN2O. The Morgan fingerprint density at radius 2 is 2.00 bits per heavy atom. The number of hydrogen-bond acceptors (Lipinski definition) is 3. The zero-order valence-electron chi connectivity index (χ0n) is 6.75. The lowest BCUT2D eigenvalue weighted by Gasteiger charge is -1.95. The molecule has 0 aromatic heterocycles. The Balaban J connectivity index is 0.000000561. The second-order valence-electron chi connectivity index (χ2n) is 1.90. The molecule has 3 nitrogen and oxygen atoms in total. The predicted octanol–water partition coefficient (Wildman–Crippen LogP) is 1.31. The van der Waals surface area contributed by atoms with Crippen molar-refractivity contribution in [2.75, 3.05) is 12.8 Å². The van der Waals surface area contributed by atoms with Gasteiger partial charge in [0.05, 0.1) is 5.02 Å². The van der Waals surface area contributed by atoms with Gasteiger partial charge in [0.1, 0.15) is 0 Å². The molecular weight excluding hydrogens is 176 g/mol. The number of hydrogen-bond donors (Lipinski definition) is 2. The average Bonchev–Trinajstić information content (AvgIpc) is 2.08. The minimum absolute atomic E-state index is 0.398. The van der Waals surface area contributed by atoms with Gasteiger partial charge < -0.3 is 11.5 Å². The summed E-state index contributed by atoms with van der Waals surface area (Å²) < 4.78 is 0. The summed E-state index contributed by atoms with van der Waals surface area (Å²) in [6, 6.07) is 4.77. The van der Waals surface area contributed by atoms with Crippen molar-refractivity contribution in [1.82, 2.24) is 0 Å². The molecule has 1 aromatic carbocycles. The first-order valence-corrected chi connectivity index (χ1v) is 3.70. The molecule has 0 bridgehead atoms. The van der Waals surface area contributed by atoms with Crippen molar-refractivity contribution >= 4 is 23.6 Å². The first-order chi connectivity index (χ1) is 5.74. The summed E-state index contributed by atoms with van der Waals surface area (Å²) in [4.78, 5) is 10.2. The molecule has 0 aliphatic heterocycles. The zero-order chi connectivity index (χ0) is 9.56. The quantitative estimate of drug-likeness (QED) is 0.513.